The van der Waals surface area contributed by atoms with Crippen molar-refractivity contribution in [1.82, 2.24) is 5.43 Å². The van der Waals surface area contributed by atoms with E-state index < -0.39 is 59.7 Å². The summed E-state index contributed by atoms with van der Waals surface area (Å²) in [6.07, 6.45) is 2.34. The smallest absolute Gasteiger partial charge is 0.267 e. The van der Waals surface area contributed by atoms with Crippen LogP contribution in [0.1, 0.15) is 78.8 Å². The van der Waals surface area contributed by atoms with E-state index in [1.54, 1.807) is 6.92 Å². The van der Waals surface area contributed by atoms with E-state index in [1.807, 2.05) is 0 Å². The number of hydrazine groups is 1. The van der Waals surface area contributed by atoms with Gasteiger partial charge in [-0.25, -0.2) is 5.84 Å². The Kier molecular flexibility index (Phi) is 11.5. The van der Waals surface area contributed by atoms with Crippen molar-refractivity contribution in [1.29, 1.82) is 0 Å². The Morgan fingerprint density at radius 2 is 1.56 bits per heavy atom. The second-order valence-corrected chi connectivity index (χ2v) is 12.5. The van der Waals surface area contributed by atoms with Gasteiger partial charge in [-0.3, -0.25) is 29.4 Å². The zero-order valence-electron chi connectivity index (χ0n) is 27.1. The molecule has 15 heteroatoms. The number of hydrogen-bond acceptors (Lipinski definition) is 13. The SMILES string of the molecule is COC1=CC(C(=O)[C@H](C=O)OC2CCCCO2)CC[C@@]12Oc1c(Cl)c(C(=O)NN)c(C)c(OC)c1C2C(=O)[C@H](C=O)OC1CCCCO1. The van der Waals surface area contributed by atoms with Crippen LogP contribution in [0.2, 0.25) is 5.02 Å². The molecule has 0 aromatic heterocycles. The number of ether oxygens (including phenoxy) is 7. The van der Waals surface area contributed by atoms with Crippen molar-refractivity contribution in [2.45, 2.75) is 94.6 Å². The van der Waals surface area contributed by atoms with Gasteiger partial charge in [0.1, 0.15) is 23.2 Å². The quantitative estimate of drug-likeness (QED) is 0.101. The Bertz CT molecular complexity index is 1450. The van der Waals surface area contributed by atoms with Crippen molar-refractivity contribution in [3.63, 3.8) is 0 Å². The lowest BCUT2D eigenvalue weighted by atomic mass is 9.70. The Hall–Kier alpha value is -3.40. The molecule has 2 saturated heterocycles. The van der Waals surface area contributed by atoms with Crippen molar-refractivity contribution in [3.05, 3.63) is 33.5 Å². The van der Waals surface area contributed by atoms with Crippen LogP contribution in [0.3, 0.4) is 0 Å². The van der Waals surface area contributed by atoms with Crippen LogP contribution in [0.15, 0.2) is 11.8 Å². The second kappa shape index (κ2) is 15.4. The number of nitrogens with one attached hydrogen (secondary N) is 1. The number of nitrogens with two attached hydrogens (primary N) is 1. The number of aldehydes is 2. The van der Waals surface area contributed by atoms with Gasteiger partial charge >= 0.3 is 0 Å². The van der Waals surface area contributed by atoms with Gasteiger partial charge in [0, 0.05) is 24.7 Å². The van der Waals surface area contributed by atoms with Gasteiger partial charge in [-0.05, 0) is 64.4 Å². The first kappa shape index (κ1) is 35.9. The van der Waals surface area contributed by atoms with Crippen molar-refractivity contribution in [2.24, 2.45) is 11.8 Å². The third kappa shape index (κ3) is 6.61. The summed E-state index contributed by atoms with van der Waals surface area (Å²) in [5.74, 6) is 1.46. The molecule has 4 unspecified atom stereocenters. The van der Waals surface area contributed by atoms with Gasteiger partial charge in [0.25, 0.3) is 5.91 Å². The van der Waals surface area contributed by atoms with Gasteiger partial charge in [0.05, 0.1) is 30.4 Å². The highest BCUT2D eigenvalue weighted by Crippen LogP contribution is 2.60. The Morgan fingerprint density at radius 1 is 0.958 bits per heavy atom. The summed E-state index contributed by atoms with van der Waals surface area (Å²) >= 11 is 6.82. The molecule has 262 valence electrons. The van der Waals surface area contributed by atoms with E-state index in [0.717, 1.165) is 25.7 Å². The highest BCUT2D eigenvalue weighted by atomic mass is 35.5. The maximum absolute atomic E-state index is 14.6. The molecule has 1 spiro atoms. The number of nitrogen functional groups attached to an aromatic ring is 1. The molecule has 5 rings (SSSR count). The number of halogens is 1. The minimum Gasteiger partial charge on any atom is -0.497 e. The second-order valence-electron chi connectivity index (χ2n) is 12.2. The third-order valence-electron chi connectivity index (χ3n) is 9.37. The normalized spacial score (nSPS) is 27.9. The van der Waals surface area contributed by atoms with Crippen molar-refractivity contribution < 1.29 is 57.1 Å². The summed E-state index contributed by atoms with van der Waals surface area (Å²) in [7, 11) is 2.70. The number of methoxy groups -OCH3 is 2. The number of fused-ring (bicyclic) bond motifs is 1. The van der Waals surface area contributed by atoms with Gasteiger partial charge in [-0.1, -0.05) is 11.6 Å². The fraction of sp³-hybridized carbons (Fsp3) is 0.606. The fourth-order valence-electron chi connectivity index (χ4n) is 7.05. The zero-order valence-corrected chi connectivity index (χ0v) is 27.9. The van der Waals surface area contributed by atoms with Gasteiger partial charge in [0.15, 0.2) is 54.5 Å². The van der Waals surface area contributed by atoms with E-state index >= 15 is 0 Å². The summed E-state index contributed by atoms with van der Waals surface area (Å²) in [6.45, 7) is 2.46. The molecular formula is C33H41ClN2O12. The molecule has 1 amide bonds. The number of Topliss-reactive ketones (excluding diaryl/α,β-unsaturated/α-hetero) is 2. The minimum absolute atomic E-state index is 0.0118. The molecule has 48 heavy (non-hydrogen) atoms. The molecule has 3 heterocycles. The molecule has 7 atom stereocenters. The van der Waals surface area contributed by atoms with Crippen molar-refractivity contribution in [2.75, 3.05) is 27.4 Å². The van der Waals surface area contributed by atoms with Crippen molar-refractivity contribution >= 4 is 41.6 Å². The molecule has 1 aromatic carbocycles. The average molecular weight is 693 g/mol. The predicted octanol–water partition coefficient (Wildman–Crippen LogP) is 2.78. The topological polar surface area (TPSA) is 188 Å². The van der Waals surface area contributed by atoms with E-state index in [1.165, 1.54) is 20.3 Å². The molecule has 3 N–H and O–H groups in total. The summed E-state index contributed by atoms with van der Waals surface area (Å²) in [5.41, 5.74) is 0.805. The van der Waals surface area contributed by atoms with E-state index in [2.05, 4.69) is 5.43 Å². The molecular weight excluding hydrogens is 652 g/mol. The molecule has 1 aromatic rings. The lowest BCUT2D eigenvalue weighted by Crippen LogP contribution is -2.51. The number of carbonyl (C=O) groups is 5. The predicted molar refractivity (Wildman–Crippen MR) is 167 cm³/mol. The standard InChI is InChI=1S/C33H41ClN2O12/c1-17-24(32(41)36-35)27(34)31-25(30(17)43-3)26(29(40)20(16-38)47-23-9-5-7-13-45-23)33(48-31)11-10-18(14-21(33)42-2)28(39)19(15-37)46-22-8-4-6-12-44-22/h14-16,18-20,22-23,26H,4-13,35H2,1-3H3,(H,36,41)/t18?,19-,20-,22?,23?,26?,33+/m0/s1. The van der Waals surface area contributed by atoms with Gasteiger partial charge in [-0.2, -0.15) is 0 Å². The first-order valence-corrected chi connectivity index (χ1v) is 16.4. The molecule has 14 nitrogen and oxygen atoms in total. The summed E-state index contributed by atoms with van der Waals surface area (Å²) in [6, 6.07) is 0. The molecule has 3 aliphatic heterocycles. The van der Waals surface area contributed by atoms with Crippen LogP contribution in [-0.2, 0) is 42.9 Å². The molecule has 0 bridgehead atoms. The lowest BCUT2D eigenvalue weighted by Gasteiger charge is -2.40. The molecule has 4 aliphatic rings. The minimum atomic E-state index is -1.66. The van der Waals surface area contributed by atoms with Gasteiger partial charge < -0.3 is 33.2 Å². The highest BCUT2D eigenvalue weighted by molar-refractivity contribution is 6.36. The van der Waals surface area contributed by atoms with Crippen LogP contribution >= 0.6 is 11.6 Å². The first-order chi connectivity index (χ1) is 23.1. The maximum atomic E-state index is 14.6. The number of amides is 1. The summed E-state index contributed by atoms with van der Waals surface area (Å²) < 4.78 is 41.0. The van der Waals surface area contributed by atoms with Gasteiger partial charge in [-0.15, -0.1) is 0 Å². The lowest BCUT2D eigenvalue weighted by molar-refractivity contribution is -0.191. The van der Waals surface area contributed by atoms with Crippen LogP contribution < -0.4 is 20.7 Å². The number of benzene rings is 1. The molecule has 1 aliphatic carbocycles. The number of hydrogen-bond donors (Lipinski definition) is 2. The third-order valence-corrected chi connectivity index (χ3v) is 9.73. The molecule has 0 saturated carbocycles. The molecule has 2 fully saturated rings. The van der Waals surface area contributed by atoms with Crippen LogP contribution in [0.4, 0.5) is 0 Å². The number of allylic oxidation sites excluding steroid dienone is 1. The van der Waals surface area contributed by atoms with E-state index in [-0.39, 0.29) is 51.8 Å². The van der Waals surface area contributed by atoms with Crippen LogP contribution in [0, 0.1) is 12.8 Å². The Morgan fingerprint density at radius 3 is 2.06 bits per heavy atom. The van der Waals surface area contributed by atoms with Crippen molar-refractivity contribution in [3.8, 4) is 11.5 Å². The van der Waals surface area contributed by atoms with Crippen LogP contribution in [0.25, 0.3) is 0 Å². The number of ketones is 2. The van der Waals surface area contributed by atoms with Crippen LogP contribution in [-0.4, -0.2) is 87.9 Å². The highest BCUT2D eigenvalue weighted by Gasteiger charge is 2.61. The Labute approximate surface area is 282 Å². The monoisotopic (exact) mass is 692 g/mol. The number of rotatable bonds is 13. The van der Waals surface area contributed by atoms with E-state index in [9.17, 15) is 24.0 Å². The maximum Gasteiger partial charge on any atom is 0.267 e. The van der Waals surface area contributed by atoms with Crippen LogP contribution in [0.5, 0.6) is 11.5 Å². The number of carbonyl (C=O) groups excluding carboxylic acids is 5. The Balaban J connectivity index is 1.59. The summed E-state index contributed by atoms with van der Waals surface area (Å²) in [5, 5.41) is -0.143. The zero-order chi connectivity index (χ0) is 34.6. The van der Waals surface area contributed by atoms with E-state index in [0.29, 0.717) is 38.6 Å². The van der Waals surface area contributed by atoms with E-state index in [4.69, 9.17) is 50.6 Å². The average Bonchev–Trinajstić information content (AvgIpc) is 3.45. The van der Waals surface area contributed by atoms with Gasteiger partial charge in [0.2, 0.25) is 0 Å². The molecule has 0 radical (unpaired) electrons. The largest absolute Gasteiger partial charge is 0.497 e. The fourth-order valence-corrected chi connectivity index (χ4v) is 7.42. The first-order valence-electron chi connectivity index (χ1n) is 16.0. The summed E-state index contributed by atoms with van der Waals surface area (Å²) in [4.78, 5) is 65.6.